The summed E-state index contributed by atoms with van der Waals surface area (Å²) in [7, 11) is 0. The standard InChI is InChI=1S/C12H21N3O4/c1-2-13-10(16)5-6-14-12(19)15-9-4-3-8(7-9)11(17)18/h8-9H,2-7H2,1H3,(H,13,16)(H,17,18)(H2,14,15,19). The van der Waals surface area contributed by atoms with Gasteiger partial charge in [-0.1, -0.05) is 0 Å². The molecule has 108 valence electrons. The van der Waals surface area contributed by atoms with Crippen molar-refractivity contribution < 1.29 is 19.5 Å². The number of urea groups is 1. The third kappa shape index (κ3) is 5.58. The first-order chi connectivity index (χ1) is 9.02. The van der Waals surface area contributed by atoms with E-state index in [0.29, 0.717) is 25.8 Å². The van der Waals surface area contributed by atoms with Crippen molar-refractivity contribution in [1.82, 2.24) is 16.0 Å². The van der Waals surface area contributed by atoms with Crippen LogP contribution < -0.4 is 16.0 Å². The highest BCUT2D eigenvalue weighted by molar-refractivity contribution is 5.78. The van der Waals surface area contributed by atoms with E-state index >= 15 is 0 Å². The van der Waals surface area contributed by atoms with Crippen LogP contribution in [-0.4, -0.2) is 42.1 Å². The van der Waals surface area contributed by atoms with Gasteiger partial charge in [-0.05, 0) is 26.2 Å². The van der Waals surface area contributed by atoms with Crippen LogP contribution in [0.2, 0.25) is 0 Å². The molecule has 7 nitrogen and oxygen atoms in total. The van der Waals surface area contributed by atoms with Gasteiger partial charge in [0.15, 0.2) is 0 Å². The third-order valence-electron chi connectivity index (χ3n) is 3.13. The van der Waals surface area contributed by atoms with Crippen LogP contribution in [0.15, 0.2) is 0 Å². The summed E-state index contributed by atoms with van der Waals surface area (Å²) in [6, 6.07) is -0.439. The summed E-state index contributed by atoms with van der Waals surface area (Å²) < 4.78 is 0. The van der Waals surface area contributed by atoms with Crippen molar-refractivity contribution in [2.45, 2.75) is 38.6 Å². The highest BCUT2D eigenvalue weighted by atomic mass is 16.4. The van der Waals surface area contributed by atoms with Crippen molar-refractivity contribution in [3.05, 3.63) is 0 Å². The molecule has 1 rings (SSSR count). The van der Waals surface area contributed by atoms with Gasteiger partial charge in [0.25, 0.3) is 0 Å². The van der Waals surface area contributed by atoms with Crippen LogP contribution in [0.4, 0.5) is 4.79 Å². The van der Waals surface area contributed by atoms with Crippen LogP contribution in [0.5, 0.6) is 0 Å². The summed E-state index contributed by atoms with van der Waals surface area (Å²) >= 11 is 0. The average Bonchev–Trinajstić information content (AvgIpc) is 2.78. The fraction of sp³-hybridized carbons (Fsp3) is 0.750. The van der Waals surface area contributed by atoms with Crippen molar-refractivity contribution in [2.75, 3.05) is 13.1 Å². The number of hydrogen-bond acceptors (Lipinski definition) is 3. The zero-order valence-corrected chi connectivity index (χ0v) is 11.1. The SMILES string of the molecule is CCNC(=O)CCNC(=O)NC1CCC(C(=O)O)C1. The Morgan fingerprint density at radius 3 is 2.53 bits per heavy atom. The largest absolute Gasteiger partial charge is 0.481 e. The van der Waals surface area contributed by atoms with Crippen LogP contribution in [0.25, 0.3) is 0 Å². The van der Waals surface area contributed by atoms with Crippen LogP contribution in [0.1, 0.15) is 32.6 Å². The molecule has 0 spiro atoms. The minimum atomic E-state index is -0.805. The third-order valence-corrected chi connectivity index (χ3v) is 3.13. The summed E-state index contributed by atoms with van der Waals surface area (Å²) in [4.78, 5) is 33.4. The van der Waals surface area contributed by atoms with Gasteiger partial charge in [0.2, 0.25) is 5.91 Å². The number of rotatable bonds is 6. The Bertz CT molecular complexity index is 346. The molecule has 2 unspecified atom stereocenters. The molecule has 0 heterocycles. The van der Waals surface area contributed by atoms with E-state index in [1.54, 1.807) is 0 Å². The molecule has 7 heteroatoms. The van der Waals surface area contributed by atoms with E-state index in [1.165, 1.54) is 0 Å². The first kappa shape index (κ1) is 15.3. The van der Waals surface area contributed by atoms with E-state index in [1.807, 2.05) is 6.92 Å². The minimum absolute atomic E-state index is 0.0921. The molecule has 1 saturated carbocycles. The van der Waals surface area contributed by atoms with E-state index in [2.05, 4.69) is 16.0 Å². The monoisotopic (exact) mass is 271 g/mol. The first-order valence-corrected chi connectivity index (χ1v) is 6.56. The number of carboxylic acids is 1. The second-order valence-corrected chi connectivity index (χ2v) is 4.65. The summed E-state index contributed by atoms with van der Waals surface area (Å²) in [5.74, 6) is -1.27. The molecular weight excluding hydrogens is 250 g/mol. The Balaban J connectivity index is 2.15. The number of aliphatic carboxylic acids is 1. The molecule has 1 aliphatic carbocycles. The highest BCUT2D eigenvalue weighted by Gasteiger charge is 2.30. The Hall–Kier alpha value is -1.79. The van der Waals surface area contributed by atoms with Gasteiger partial charge in [-0.25, -0.2) is 4.79 Å². The van der Waals surface area contributed by atoms with Gasteiger partial charge in [-0.15, -0.1) is 0 Å². The van der Waals surface area contributed by atoms with Crippen molar-refractivity contribution >= 4 is 17.9 Å². The molecule has 0 aliphatic heterocycles. The Labute approximate surface area is 112 Å². The van der Waals surface area contributed by atoms with Gasteiger partial charge in [-0.3, -0.25) is 9.59 Å². The topological polar surface area (TPSA) is 108 Å². The van der Waals surface area contributed by atoms with Crippen LogP contribution in [0.3, 0.4) is 0 Å². The highest BCUT2D eigenvalue weighted by Crippen LogP contribution is 2.25. The molecule has 1 aliphatic rings. The van der Waals surface area contributed by atoms with Crippen molar-refractivity contribution in [2.24, 2.45) is 5.92 Å². The van der Waals surface area contributed by atoms with Gasteiger partial charge in [0, 0.05) is 25.6 Å². The number of carboxylic acid groups (broad SMARTS) is 1. The van der Waals surface area contributed by atoms with E-state index in [0.717, 1.165) is 0 Å². The number of nitrogens with one attached hydrogen (secondary N) is 3. The summed E-state index contributed by atoms with van der Waals surface area (Å²) in [6.45, 7) is 2.67. The van der Waals surface area contributed by atoms with E-state index in [4.69, 9.17) is 5.11 Å². The maximum absolute atomic E-state index is 11.5. The van der Waals surface area contributed by atoms with E-state index in [-0.39, 0.29) is 36.9 Å². The zero-order chi connectivity index (χ0) is 14.3. The number of hydrogen-bond donors (Lipinski definition) is 4. The molecule has 0 aromatic rings. The maximum Gasteiger partial charge on any atom is 0.315 e. The molecule has 0 saturated heterocycles. The second-order valence-electron chi connectivity index (χ2n) is 4.65. The van der Waals surface area contributed by atoms with Gasteiger partial charge in [0.1, 0.15) is 0 Å². The smallest absolute Gasteiger partial charge is 0.315 e. The Morgan fingerprint density at radius 1 is 1.21 bits per heavy atom. The predicted molar refractivity (Wildman–Crippen MR) is 68.6 cm³/mol. The van der Waals surface area contributed by atoms with Gasteiger partial charge in [-0.2, -0.15) is 0 Å². The fourth-order valence-electron chi connectivity index (χ4n) is 2.15. The van der Waals surface area contributed by atoms with Crippen LogP contribution >= 0.6 is 0 Å². The lowest BCUT2D eigenvalue weighted by atomic mass is 10.1. The lowest BCUT2D eigenvalue weighted by Crippen LogP contribution is -2.42. The average molecular weight is 271 g/mol. The molecule has 0 radical (unpaired) electrons. The van der Waals surface area contributed by atoms with Crippen LogP contribution in [-0.2, 0) is 9.59 Å². The fourth-order valence-corrected chi connectivity index (χ4v) is 2.15. The number of carbonyl (C=O) groups is 3. The molecular formula is C12H21N3O4. The van der Waals surface area contributed by atoms with Gasteiger partial charge in [0.05, 0.1) is 5.92 Å². The molecule has 4 N–H and O–H groups in total. The summed E-state index contributed by atoms with van der Waals surface area (Å²) in [6.07, 6.45) is 1.99. The molecule has 0 aromatic heterocycles. The zero-order valence-electron chi connectivity index (χ0n) is 11.1. The lowest BCUT2D eigenvalue weighted by Gasteiger charge is -2.13. The number of carbonyl (C=O) groups excluding carboxylic acids is 2. The molecule has 1 fully saturated rings. The van der Waals surface area contributed by atoms with E-state index in [9.17, 15) is 14.4 Å². The molecule has 0 bridgehead atoms. The minimum Gasteiger partial charge on any atom is -0.481 e. The summed E-state index contributed by atoms with van der Waals surface area (Å²) in [5.41, 5.74) is 0. The van der Waals surface area contributed by atoms with Gasteiger partial charge < -0.3 is 21.1 Å². The molecule has 3 amide bonds. The van der Waals surface area contributed by atoms with Gasteiger partial charge >= 0.3 is 12.0 Å². The Morgan fingerprint density at radius 2 is 1.95 bits per heavy atom. The Kier molecular flexibility index (Phi) is 6.11. The van der Waals surface area contributed by atoms with Crippen LogP contribution in [0, 0.1) is 5.92 Å². The normalized spacial score (nSPS) is 21.7. The summed E-state index contributed by atoms with van der Waals surface area (Å²) in [5, 5.41) is 16.8. The molecule has 19 heavy (non-hydrogen) atoms. The van der Waals surface area contributed by atoms with Crippen molar-refractivity contribution in [3.63, 3.8) is 0 Å². The second kappa shape index (κ2) is 7.60. The lowest BCUT2D eigenvalue weighted by molar-refractivity contribution is -0.141. The first-order valence-electron chi connectivity index (χ1n) is 6.56. The maximum atomic E-state index is 11.5. The predicted octanol–water partition coefficient (Wildman–Crippen LogP) is 0.0651. The van der Waals surface area contributed by atoms with Crippen molar-refractivity contribution in [3.8, 4) is 0 Å². The molecule has 2 atom stereocenters. The van der Waals surface area contributed by atoms with Crippen molar-refractivity contribution in [1.29, 1.82) is 0 Å². The molecule has 0 aromatic carbocycles. The van der Waals surface area contributed by atoms with E-state index < -0.39 is 5.97 Å². The quantitative estimate of drug-likeness (QED) is 0.548. The number of amides is 3.